The molecule has 0 spiro atoms. The third-order valence-electron chi connectivity index (χ3n) is 10.5. The van der Waals surface area contributed by atoms with Gasteiger partial charge in [0, 0.05) is 27.2 Å². The highest BCUT2D eigenvalue weighted by Crippen LogP contribution is 2.43. The van der Waals surface area contributed by atoms with Gasteiger partial charge in [-0.05, 0) is 63.0 Å². The number of aliphatic imine (C=N–C) groups is 2. The fourth-order valence-corrected chi connectivity index (χ4v) is 8.13. The summed E-state index contributed by atoms with van der Waals surface area (Å²) in [6, 6.07) is 62.3. The Kier molecular flexibility index (Phi) is 6.25. The molecule has 10 aromatic rings. The van der Waals surface area contributed by atoms with Crippen LogP contribution in [0.1, 0.15) is 17.3 Å². The van der Waals surface area contributed by atoms with Crippen LogP contribution in [0.4, 0.5) is 0 Å². The molecule has 1 aliphatic heterocycles. The lowest BCUT2D eigenvalue weighted by Gasteiger charge is -2.33. The summed E-state index contributed by atoms with van der Waals surface area (Å²) in [5.74, 6) is 1.27. The first kappa shape index (κ1) is 28.8. The van der Waals surface area contributed by atoms with E-state index in [1.807, 2.05) is 18.2 Å². The molecule has 5 heteroatoms. The second-order valence-electron chi connectivity index (χ2n) is 13.4. The number of benzene rings is 8. The fraction of sp³-hybridized carbons (Fsp3) is 0.0213. The summed E-state index contributed by atoms with van der Waals surface area (Å²) in [6.45, 7) is 0. The third kappa shape index (κ3) is 4.29. The average Bonchev–Trinajstić information content (AvgIpc) is 3.74. The van der Waals surface area contributed by atoms with Crippen molar-refractivity contribution in [1.82, 2.24) is 9.13 Å². The molecule has 3 heterocycles. The number of para-hydroxylation sites is 2. The lowest BCUT2D eigenvalue weighted by Crippen LogP contribution is -2.20. The Morgan fingerprint density at radius 3 is 1.96 bits per heavy atom. The van der Waals surface area contributed by atoms with Crippen molar-refractivity contribution < 1.29 is 0 Å². The summed E-state index contributed by atoms with van der Waals surface area (Å²) in [5.41, 5.74) is 7.48. The van der Waals surface area contributed by atoms with Crippen molar-refractivity contribution in [3.8, 4) is 5.69 Å². The van der Waals surface area contributed by atoms with Crippen molar-refractivity contribution in [2.75, 3.05) is 0 Å². The fourth-order valence-electron chi connectivity index (χ4n) is 8.13. The van der Waals surface area contributed by atoms with Crippen LogP contribution in [0.25, 0.3) is 76.2 Å². The van der Waals surface area contributed by atoms with Gasteiger partial charge in [-0.1, -0.05) is 151 Å². The van der Waals surface area contributed by atoms with E-state index in [1.54, 1.807) is 0 Å². The van der Waals surface area contributed by atoms with E-state index in [1.165, 1.54) is 26.9 Å². The van der Waals surface area contributed by atoms with Crippen molar-refractivity contribution >= 4 is 77.0 Å². The molecule has 52 heavy (non-hydrogen) atoms. The maximum atomic E-state index is 5.41. The molecule has 1 atom stereocenters. The molecule has 0 radical (unpaired) electrons. The predicted molar refractivity (Wildman–Crippen MR) is 217 cm³/mol. The monoisotopic (exact) mass is 664 g/mol. The normalized spacial score (nSPS) is 14.7. The maximum Gasteiger partial charge on any atom is 0.123 e. The Morgan fingerprint density at radius 1 is 0.462 bits per heavy atom. The molecule has 0 fully saturated rings. The molecule has 244 valence electrons. The van der Waals surface area contributed by atoms with E-state index in [4.69, 9.17) is 15.3 Å². The molecule has 2 aromatic heterocycles. The molecule has 0 bridgehead atoms. The van der Waals surface area contributed by atoms with Crippen LogP contribution in [-0.4, -0.2) is 20.9 Å². The van der Waals surface area contributed by atoms with Crippen LogP contribution in [0.3, 0.4) is 0 Å². The van der Waals surface area contributed by atoms with Gasteiger partial charge in [0.1, 0.15) is 5.96 Å². The highest BCUT2D eigenvalue weighted by Gasteiger charge is 2.24. The third-order valence-corrected chi connectivity index (χ3v) is 10.5. The van der Waals surface area contributed by atoms with Crippen LogP contribution in [0.15, 0.2) is 186 Å². The molecule has 8 aromatic carbocycles. The van der Waals surface area contributed by atoms with Gasteiger partial charge in [-0.3, -0.25) is 9.56 Å². The summed E-state index contributed by atoms with van der Waals surface area (Å²) in [4.78, 5) is 10.7. The van der Waals surface area contributed by atoms with Gasteiger partial charge < -0.3 is 14.9 Å². The molecule has 0 N–H and O–H groups in total. The van der Waals surface area contributed by atoms with Crippen molar-refractivity contribution in [3.05, 3.63) is 192 Å². The van der Waals surface area contributed by atoms with Gasteiger partial charge in [-0.15, -0.1) is 0 Å². The molecular weight excluding hydrogens is 635 g/mol. The first-order valence-electron chi connectivity index (χ1n) is 17.7. The van der Waals surface area contributed by atoms with Gasteiger partial charge in [0.05, 0.1) is 28.2 Å². The van der Waals surface area contributed by atoms with Crippen LogP contribution in [0.2, 0.25) is 0 Å². The van der Waals surface area contributed by atoms with Gasteiger partial charge >= 0.3 is 0 Å². The van der Waals surface area contributed by atoms with E-state index in [0.29, 0.717) is 11.8 Å². The number of aromatic nitrogens is 2. The predicted octanol–water partition coefficient (Wildman–Crippen LogP) is 11.9. The minimum atomic E-state index is -0.480. The van der Waals surface area contributed by atoms with Crippen LogP contribution < -0.4 is 0 Å². The van der Waals surface area contributed by atoms with Crippen molar-refractivity contribution in [2.24, 2.45) is 9.98 Å². The Balaban J connectivity index is 1.28. The number of amidine groups is 1. The van der Waals surface area contributed by atoms with Gasteiger partial charge in [0.2, 0.25) is 0 Å². The summed E-state index contributed by atoms with van der Waals surface area (Å²) in [6.07, 6.45) is -0.480. The minimum Gasteiger partial charge on any atom is -0.438 e. The smallest absolute Gasteiger partial charge is 0.123 e. The van der Waals surface area contributed by atoms with E-state index in [2.05, 4.69) is 167 Å². The standard InChI is InChI=1S/C47H30N5/c1-3-15-32(16-4-1)45-48-46(34-24-23-30-13-7-8-17-33(30)29-34)50-47(49-45)52-40-22-12-11-21-37(40)38-26-27-39-42-36-20-10-9-14-31(36)25-28-41(42)51(44(39)43(38)52)35-18-5-2-6-19-35/h1-29,46H/q-1. The molecule has 0 saturated carbocycles. The van der Waals surface area contributed by atoms with Gasteiger partial charge in [-0.2, -0.15) is 0 Å². The number of rotatable bonds is 3. The second kappa shape index (κ2) is 11.3. The van der Waals surface area contributed by atoms with Crippen LogP contribution >= 0.6 is 0 Å². The average molecular weight is 665 g/mol. The Morgan fingerprint density at radius 2 is 1.12 bits per heavy atom. The van der Waals surface area contributed by atoms with E-state index in [9.17, 15) is 0 Å². The second-order valence-corrected chi connectivity index (χ2v) is 13.4. The SMILES string of the molecule is c1ccc(C2=NC(n3c4ccccc4c4ccc5c6c7ccccc7ccc6n(-c6ccccc6)c5c43)=NC(c3ccc4ccccc4c3)[N-]2)cc1. The quantitative estimate of drug-likeness (QED) is 0.180. The van der Waals surface area contributed by atoms with E-state index in [0.717, 1.165) is 55.0 Å². The topological polar surface area (TPSA) is 48.7 Å². The van der Waals surface area contributed by atoms with Crippen molar-refractivity contribution in [1.29, 1.82) is 0 Å². The molecule has 1 unspecified atom stereocenters. The first-order chi connectivity index (χ1) is 25.8. The number of nitrogens with zero attached hydrogens (tertiary/aromatic N) is 5. The van der Waals surface area contributed by atoms with Crippen LogP contribution in [0.5, 0.6) is 0 Å². The van der Waals surface area contributed by atoms with Gasteiger partial charge in [0.25, 0.3) is 0 Å². The molecule has 0 amide bonds. The van der Waals surface area contributed by atoms with Crippen molar-refractivity contribution in [3.63, 3.8) is 0 Å². The Bertz CT molecular complexity index is 3090. The molecular formula is C47H30N5-. The molecule has 0 aliphatic carbocycles. The first-order valence-corrected chi connectivity index (χ1v) is 17.7. The highest BCUT2D eigenvalue weighted by atomic mass is 15.3. The molecule has 0 saturated heterocycles. The Hall–Kier alpha value is -6.98. The van der Waals surface area contributed by atoms with E-state index < -0.39 is 6.17 Å². The summed E-state index contributed by atoms with van der Waals surface area (Å²) >= 11 is 0. The van der Waals surface area contributed by atoms with Crippen molar-refractivity contribution in [2.45, 2.75) is 6.17 Å². The Labute approximate surface area is 299 Å². The van der Waals surface area contributed by atoms with Crippen LogP contribution in [-0.2, 0) is 0 Å². The lowest BCUT2D eigenvalue weighted by molar-refractivity contribution is 0.865. The van der Waals surface area contributed by atoms with E-state index in [-0.39, 0.29) is 0 Å². The largest absolute Gasteiger partial charge is 0.438 e. The number of hydrogen-bond donors (Lipinski definition) is 0. The van der Waals surface area contributed by atoms with E-state index >= 15 is 0 Å². The molecule has 11 rings (SSSR count). The van der Waals surface area contributed by atoms with Crippen LogP contribution in [0, 0.1) is 0 Å². The van der Waals surface area contributed by atoms with Gasteiger partial charge in [0.15, 0.2) is 0 Å². The summed E-state index contributed by atoms with van der Waals surface area (Å²) < 4.78 is 4.70. The summed E-state index contributed by atoms with van der Waals surface area (Å²) in [5, 5.41) is 14.7. The molecule has 5 nitrogen and oxygen atoms in total. The number of hydrogen-bond acceptors (Lipinski definition) is 2. The summed E-state index contributed by atoms with van der Waals surface area (Å²) in [7, 11) is 0. The minimum absolute atomic E-state index is 0.480. The highest BCUT2D eigenvalue weighted by molar-refractivity contribution is 6.30. The number of fused-ring (bicyclic) bond motifs is 10. The zero-order valence-electron chi connectivity index (χ0n) is 28.1. The maximum absolute atomic E-state index is 5.41. The zero-order chi connectivity index (χ0) is 34.2. The lowest BCUT2D eigenvalue weighted by atomic mass is 10.0. The zero-order valence-corrected chi connectivity index (χ0v) is 28.1. The van der Waals surface area contributed by atoms with Gasteiger partial charge in [-0.25, -0.2) is 0 Å². The molecule has 1 aliphatic rings.